The number of carbonyl (C=O) groups is 1. The second-order valence-electron chi connectivity index (χ2n) is 5.95. The van der Waals surface area contributed by atoms with Crippen molar-refractivity contribution in [2.75, 3.05) is 0 Å². The van der Waals surface area contributed by atoms with Crippen molar-refractivity contribution in [2.24, 2.45) is 10.2 Å². The molecular formula is C20H21N3O2. The second kappa shape index (κ2) is 7.30. The minimum absolute atomic E-state index is 0.0409. The predicted octanol–water partition coefficient (Wildman–Crippen LogP) is 4.92. The monoisotopic (exact) mass is 335 g/mol. The number of carbonyl (C=O) groups excluding carboxylic acids is 1. The zero-order valence-corrected chi connectivity index (χ0v) is 14.4. The number of aromatic hydroxyl groups is 1. The van der Waals surface area contributed by atoms with Crippen LogP contribution in [0, 0.1) is 6.92 Å². The molecule has 0 aliphatic carbocycles. The number of nitrogens with zero attached hydrogens (tertiary/aromatic N) is 3. The van der Waals surface area contributed by atoms with Gasteiger partial charge in [0.15, 0.2) is 5.69 Å². The molecule has 5 nitrogen and oxygen atoms in total. The molecule has 0 aliphatic heterocycles. The van der Waals surface area contributed by atoms with Crippen LogP contribution in [-0.2, 0) is 17.8 Å². The van der Waals surface area contributed by atoms with Crippen molar-refractivity contribution in [1.29, 1.82) is 0 Å². The highest BCUT2D eigenvalue weighted by Gasteiger charge is 2.15. The number of fused-ring (bicyclic) bond motifs is 1. The fourth-order valence-corrected chi connectivity index (χ4v) is 2.98. The van der Waals surface area contributed by atoms with E-state index in [-0.39, 0.29) is 11.8 Å². The van der Waals surface area contributed by atoms with Crippen LogP contribution in [0.2, 0.25) is 0 Å². The summed E-state index contributed by atoms with van der Waals surface area (Å²) in [6, 6.07) is 15.5. The van der Waals surface area contributed by atoms with E-state index in [1.807, 2.05) is 62.4 Å². The van der Waals surface area contributed by atoms with E-state index < -0.39 is 0 Å². The third kappa shape index (κ3) is 3.45. The highest BCUT2D eigenvalue weighted by molar-refractivity contribution is 5.95. The van der Waals surface area contributed by atoms with Crippen LogP contribution in [0.15, 0.2) is 58.8 Å². The quantitative estimate of drug-likeness (QED) is 0.673. The number of aryl methyl sites for hydroxylation is 3. The molecule has 0 fully saturated rings. The fraction of sp³-hybridized carbons (Fsp3) is 0.250. The molecule has 0 unspecified atom stereocenters. The average Bonchev–Trinajstić information content (AvgIpc) is 2.90. The topological polar surface area (TPSA) is 66.9 Å². The lowest BCUT2D eigenvalue weighted by Crippen LogP contribution is -1.97. The first-order valence-corrected chi connectivity index (χ1v) is 8.41. The number of para-hydroxylation sites is 1. The van der Waals surface area contributed by atoms with Crippen LogP contribution in [0.1, 0.15) is 24.5 Å². The van der Waals surface area contributed by atoms with Gasteiger partial charge in [-0.15, -0.1) is 10.2 Å². The van der Waals surface area contributed by atoms with Gasteiger partial charge in [-0.25, -0.2) is 0 Å². The summed E-state index contributed by atoms with van der Waals surface area (Å²) >= 11 is 0. The van der Waals surface area contributed by atoms with Gasteiger partial charge in [-0.3, -0.25) is 4.79 Å². The normalized spacial score (nSPS) is 11.4. The highest BCUT2D eigenvalue weighted by Crippen LogP contribution is 2.38. The lowest BCUT2D eigenvalue weighted by atomic mass is 10.0. The van der Waals surface area contributed by atoms with Crippen LogP contribution in [-0.4, -0.2) is 15.6 Å². The van der Waals surface area contributed by atoms with Crippen LogP contribution in [0.3, 0.4) is 0 Å². The van der Waals surface area contributed by atoms with Crippen molar-refractivity contribution in [3.05, 3.63) is 59.7 Å². The van der Waals surface area contributed by atoms with E-state index >= 15 is 0 Å². The third-order valence-corrected chi connectivity index (χ3v) is 4.36. The fourth-order valence-electron chi connectivity index (χ4n) is 2.98. The summed E-state index contributed by atoms with van der Waals surface area (Å²) in [5.41, 5.74) is 3.53. The number of hydrogen-bond donors (Lipinski definition) is 1. The van der Waals surface area contributed by atoms with Crippen molar-refractivity contribution in [2.45, 2.75) is 33.2 Å². The summed E-state index contributed by atoms with van der Waals surface area (Å²) < 4.78 is 1.75. The molecule has 0 radical (unpaired) electrons. The van der Waals surface area contributed by atoms with Gasteiger partial charge in [-0.1, -0.05) is 42.5 Å². The summed E-state index contributed by atoms with van der Waals surface area (Å²) in [7, 11) is 0. The Morgan fingerprint density at radius 1 is 1.12 bits per heavy atom. The lowest BCUT2D eigenvalue weighted by molar-refractivity contribution is -0.118. The first-order chi connectivity index (χ1) is 12.1. The molecule has 1 aromatic heterocycles. The second-order valence-corrected chi connectivity index (χ2v) is 5.95. The van der Waals surface area contributed by atoms with Gasteiger partial charge < -0.3 is 9.67 Å². The van der Waals surface area contributed by atoms with E-state index in [4.69, 9.17) is 0 Å². The Bertz CT molecular complexity index is 941. The van der Waals surface area contributed by atoms with E-state index in [2.05, 4.69) is 10.2 Å². The summed E-state index contributed by atoms with van der Waals surface area (Å²) in [5, 5.41) is 19.0. The Hall–Kier alpha value is -2.95. The molecule has 25 heavy (non-hydrogen) atoms. The van der Waals surface area contributed by atoms with E-state index in [1.165, 1.54) is 0 Å². The van der Waals surface area contributed by atoms with E-state index in [9.17, 15) is 9.90 Å². The zero-order valence-electron chi connectivity index (χ0n) is 14.4. The molecule has 0 saturated heterocycles. The van der Waals surface area contributed by atoms with Crippen LogP contribution in [0.5, 0.6) is 5.88 Å². The van der Waals surface area contributed by atoms with E-state index in [1.54, 1.807) is 4.57 Å². The van der Waals surface area contributed by atoms with E-state index in [0.717, 1.165) is 22.0 Å². The Morgan fingerprint density at radius 3 is 2.60 bits per heavy atom. The number of aromatic nitrogens is 1. The van der Waals surface area contributed by atoms with Gasteiger partial charge in [0, 0.05) is 18.4 Å². The van der Waals surface area contributed by atoms with Gasteiger partial charge in [0.1, 0.15) is 0 Å². The highest BCUT2D eigenvalue weighted by atomic mass is 16.3. The van der Waals surface area contributed by atoms with Crippen LogP contribution in [0.25, 0.3) is 10.9 Å². The summed E-state index contributed by atoms with van der Waals surface area (Å²) in [6.45, 7) is 4.59. The summed E-state index contributed by atoms with van der Waals surface area (Å²) in [6.07, 6.45) is 0.925. The minimum atomic E-state index is -0.295. The van der Waals surface area contributed by atoms with Gasteiger partial charge in [-0.05, 0) is 37.5 Å². The first kappa shape index (κ1) is 16.9. The van der Waals surface area contributed by atoms with Gasteiger partial charge in [0.2, 0.25) is 5.88 Å². The van der Waals surface area contributed by atoms with Gasteiger partial charge in [0.25, 0.3) is 5.91 Å². The zero-order chi connectivity index (χ0) is 17.8. The molecule has 128 valence electrons. The van der Waals surface area contributed by atoms with Crippen molar-refractivity contribution in [3.63, 3.8) is 0 Å². The van der Waals surface area contributed by atoms with Gasteiger partial charge in [-0.2, -0.15) is 0 Å². The van der Waals surface area contributed by atoms with Crippen molar-refractivity contribution >= 4 is 22.5 Å². The standard InChI is InChI=1S/C20H21N3O2/c1-3-23-17-11-7-6-10-16(17)19(20(23)25)22-21-18(24)13-12-15-9-5-4-8-14(15)2/h4-11,25H,3,12-13H2,1-2H3. The molecule has 0 saturated carbocycles. The Morgan fingerprint density at radius 2 is 1.84 bits per heavy atom. The van der Waals surface area contributed by atoms with E-state index in [0.29, 0.717) is 25.1 Å². The Labute approximate surface area is 146 Å². The molecule has 0 aliphatic rings. The molecule has 3 aromatic rings. The van der Waals surface area contributed by atoms with Gasteiger partial charge in [0.05, 0.1) is 5.52 Å². The molecule has 5 heteroatoms. The molecule has 0 bridgehead atoms. The maximum absolute atomic E-state index is 12.1. The van der Waals surface area contributed by atoms with Gasteiger partial charge >= 0.3 is 0 Å². The molecule has 1 amide bonds. The van der Waals surface area contributed by atoms with Crippen LogP contribution >= 0.6 is 0 Å². The molecule has 3 rings (SSSR count). The number of hydrogen-bond acceptors (Lipinski definition) is 3. The number of benzene rings is 2. The largest absolute Gasteiger partial charge is 0.493 e. The van der Waals surface area contributed by atoms with Crippen molar-refractivity contribution < 1.29 is 9.90 Å². The Balaban J connectivity index is 1.78. The molecular weight excluding hydrogens is 314 g/mol. The minimum Gasteiger partial charge on any atom is -0.493 e. The smallest absolute Gasteiger partial charge is 0.265 e. The molecule has 2 aromatic carbocycles. The predicted molar refractivity (Wildman–Crippen MR) is 98.3 cm³/mol. The number of amides is 1. The van der Waals surface area contributed by atoms with Crippen molar-refractivity contribution in [1.82, 2.24) is 4.57 Å². The van der Waals surface area contributed by atoms with Crippen molar-refractivity contribution in [3.8, 4) is 5.88 Å². The lowest BCUT2D eigenvalue weighted by Gasteiger charge is -2.02. The number of azo groups is 1. The molecule has 1 N–H and O–H groups in total. The molecule has 1 heterocycles. The maximum Gasteiger partial charge on any atom is 0.265 e. The number of rotatable bonds is 5. The summed E-state index contributed by atoms with van der Waals surface area (Å²) in [4.78, 5) is 12.1. The first-order valence-electron chi connectivity index (χ1n) is 8.41. The average molecular weight is 335 g/mol. The third-order valence-electron chi connectivity index (χ3n) is 4.36. The molecule has 0 atom stereocenters. The van der Waals surface area contributed by atoms with Crippen LogP contribution < -0.4 is 0 Å². The summed E-state index contributed by atoms with van der Waals surface area (Å²) in [5.74, 6) is -0.255. The Kier molecular flexibility index (Phi) is 4.93. The van der Waals surface area contributed by atoms with Crippen LogP contribution in [0.4, 0.5) is 5.69 Å². The molecule has 0 spiro atoms. The SMILES string of the molecule is CCn1c(O)c(N=NC(=O)CCc2ccccc2C)c2ccccc21. The maximum atomic E-state index is 12.1.